The highest BCUT2D eigenvalue weighted by Crippen LogP contribution is 2.22. The number of piperazine rings is 1. The van der Waals surface area contributed by atoms with Crippen LogP contribution >= 0.6 is 0 Å². The molecule has 22 heavy (non-hydrogen) atoms. The van der Waals surface area contributed by atoms with Gasteiger partial charge in [0.1, 0.15) is 0 Å². The normalized spacial score (nSPS) is 16.8. The first-order chi connectivity index (χ1) is 10.4. The van der Waals surface area contributed by atoms with Crippen LogP contribution in [0, 0.1) is 0 Å². The van der Waals surface area contributed by atoms with Crippen LogP contribution in [0.2, 0.25) is 0 Å². The Bertz CT molecular complexity index is 479. The molecule has 1 heterocycles. The predicted molar refractivity (Wildman–Crippen MR) is 92.4 cm³/mol. The van der Waals surface area contributed by atoms with E-state index in [9.17, 15) is 4.79 Å². The van der Waals surface area contributed by atoms with E-state index in [0.717, 1.165) is 31.7 Å². The lowest BCUT2D eigenvalue weighted by atomic mass is 9.86. The lowest BCUT2D eigenvalue weighted by Crippen LogP contribution is -2.48. The monoisotopic (exact) mass is 302 g/mol. The van der Waals surface area contributed by atoms with Crippen molar-refractivity contribution in [2.75, 3.05) is 32.7 Å². The Hall–Kier alpha value is -1.35. The Morgan fingerprint density at radius 1 is 1.05 bits per heavy atom. The first kappa shape index (κ1) is 17.0. The average Bonchev–Trinajstić information content (AvgIpc) is 2.52. The van der Waals surface area contributed by atoms with E-state index >= 15 is 0 Å². The molecule has 0 radical (unpaired) electrons. The van der Waals surface area contributed by atoms with E-state index in [0.29, 0.717) is 0 Å². The van der Waals surface area contributed by atoms with Crippen LogP contribution in [-0.4, -0.2) is 48.4 Å². The van der Waals surface area contributed by atoms with Crippen LogP contribution in [0.25, 0.3) is 0 Å². The number of hydrogen-bond donors (Lipinski definition) is 0. The molecule has 0 bridgehead atoms. The molecule has 0 aliphatic carbocycles. The quantitative estimate of drug-likeness (QED) is 0.849. The Kier molecular flexibility index (Phi) is 5.63. The number of amides is 1. The van der Waals surface area contributed by atoms with Crippen molar-refractivity contribution in [1.29, 1.82) is 0 Å². The average molecular weight is 302 g/mol. The zero-order chi connectivity index (χ0) is 16.2. The summed E-state index contributed by atoms with van der Waals surface area (Å²) in [4.78, 5) is 17.1. The topological polar surface area (TPSA) is 23.6 Å². The van der Waals surface area contributed by atoms with Gasteiger partial charge in [-0.05, 0) is 36.1 Å². The summed E-state index contributed by atoms with van der Waals surface area (Å²) in [5.74, 6) is 0.176. The summed E-state index contributed by atoms with van der Waals surface area (Å²) in [6.45, 7) is 13.7. The second kappa shape index (κ2) is 7.28. The number of benzene rings is 1. The zero-order valence-electron chi connectivity index (χ0n) is 14.6. The Labute approximate surface area is 135 Å². The lowest BCUT2D eigenvalue weighted by Gasteiger charge is -2.34. The van der Waals surface area contributed by atoms with Gasteiger partial charge in [-0.2, -0.15) is 0 Å². The number of carbonyl (C=O) groups is 1. The Morgan fingerprint density at radius 2 is 1.64 bits per heavy atom. The van der Waals surface area contributed by atoms with E-state index in [-0.39, 0.29) is 11.3 Å². The fourth-order valence-electron chi connectivity index (χ4n) is 2.85. The van der Waals surface area contributed by atoms with Gasteiger partial charge in [-0.25, -0.2) is 0 Å². The molecule has 0 spiro atoms. The van der Waals surface area contributed by atoms with Crippen molar-refractivity contribution in [1.82, 2.24) is 9.80 Å². The van der Waals surface area contributed by atoms with Gasteiger partial charge in [0.05, 0.1) is 0 Å². The van der Waals surface area contributed by atoms with Crippen LogP contribution in [-0.2, 0) is 5.41 Å². The molecule has 1 fully saturated rings. The summed E-state index contributed by atoms with van der Waals surface area (Å²) in [7, 11) is 0. The third-order valence-electron chi connectivity index (χ3n) is 4.49. The number of rotatable bonds is 4. The molecular formula is C19H30N2O. The minimum Gasteiger partial charge on any atom is -0.336 e. The van der Waals surface area contributed by atoms with E-state index in [2.05, 4.69) is 44.7 Å². The molecule has 0 atom stereocenters. The van der Waals surface area contributed by atoms with Gasteiger partial charge in [0.15, 0.2) is 0 Å². The lowest BCUT2D eigenvalue weighted by molar-refractivity contribution is 0.0635. The molecule has 1 aliphatic heterocycles. The summed E-state index contributed by atoms with van der Waals surface area (Å²) in [6.07, 6.45) is 2.49. The zero-order valence-corrected chi connectivity index (χ0v) is 14.6. The second-order valence-corrected chi connectivity index (χ2v) is 7.31. The summed E-state index contributed by atoms with van der Waals surface area (Å²) >= 11 is 0. The van der Waals surface area contributed by atoms with E-state index in [1.165, 1.54) is 24.9 Å². The Balaban J connectivity index is 1.92. The van der Waals surface area contributed by atoms with Crippen molar-refractivity contribution >= 4 is 5.91 Å². The van der Waals surface area contributed by atoms with Crippen molar-refractivity contribution in [3.05, 3.63) is 35.4 Å². The molecule has 1 aromatic carbocycles. The van der Waals surface area contributed by atoms with Gasteiger partial charge in [0.25, 0.3) is 5.91 Å². The highest BCUT2D eigenvalue weighted by molar-refractivity contribution is 5.94. The fraction of sp³-hybridized carbons (Fsp3) is 0.632. The van der Waals surface area contributed by atoms with Crippen LogP contribution in [0.1, 0.15) is 56.5 Å². The predicted octanol–water partition coefficient (Wildman–Crippen LogP) is 3.54. The molecule has 122 valence electrons. The molecule has 1 saturated heterocycles. The maximum Gasteiger partial charge on any atom is 0.253 e. The van der Waals surface area contributed by atoms with Crippen molar-refractivity contribution in [2.24, 2.45) is 0 Å². The third kappa shape index (κ3) is 4.33. The van der Waals surface area contributed by atoms with Crippen LogP contribution in [0.3, 0.4) is 0 Å². The van der Waals surface area contributed by atoms with Gasteiger partial charge in [0.2, 0.25) is 0 Å². The van der Waals surface area contributed by atoms with Crippen molar-refractivity contribution in [2.45, 2.75) is 46.0 Å². The van der Waals surface area contributed by atoms with Crippen LogP contribution in [0.5, 0.6) is 0 Å². The smallest absolute Gasteiger partial charge is 0.253 e. The van der Waals surface area contributed by atoms with E-state index < -0.39 is 0 Å². The van der Waals surface area contributed by atoms with Gasteiger partial charge >= 0.3 is 0 Å². The molecule has 1 aromatic rings. The summed E-state index contributed by atoms with van der Waals surface area (Å²) < 4.78 is 0. The summed E-state index contributed by atoms with van der Waals surface area (Å²) in [5, 5.41) is 0. The van der Waals surface area contributed by atoms with E-state index in [1.807, 2.05) is 17.0 Å². The van der Waals surface area contributed by atoms with Gasteiger partial charge < -0.3 is 4.90 Å². The van der Waals surface area contributed by atoms with Crippen LogP contribution < -0.4 is 0 Å². The summed E-state index contributed by atoms with van der Waals surface area (Å²) in [5.41, 5.74) is 2.22. The molecule has 0 aromatic heterocycles. The molecule has 3 heteroatoms. The first-order valence-corrected chi connectivity index (χ1v) is 8.54. The molecule has 2 rings (SSSR count). The largest absolute Gasteiger partial charge is 0.336 e. The summed E-state index contributed by atoms with van der Waals surface area (Å²) in [6, 6.07) is 8.13. The Morgan fingerprint density at radius 3 is 2.14 bits per heavy atom. The molecular weight excluding hydrogens is 272 g/mol. The van der Waals surface area contributed by atoms with Crippen LogP contribution in [0.4, 0.5) is 0 Å². The highest BCUT2D eigenvalue weighted by Gasteiger charge is 2.22. The standard InChI is InChI=1S/C19H30N2O/c1-5-6-11-20-12-14-21(15-13-20)18(22)16-7-9-17(10-8-16)19(2,3)4/h7-10H,5-6,11-15H2,1-4H3. The number of hydrogen-bond acceptors (Lipinski definition) is 2. The number of carbonyl (C=O) groups excluding carboxylic acids is 1. The maximum absolute atomic E-state index is 12.6. The molecule has 0 saturated carbocycles. The molecule has 3 nitrogen and oxygen atoms in total. The van der Waals surface area contributed by atoms with Gasteiger partial charge in [-0.1, -0.05) is 46.2 Å². The minimum absolute atomic E-state index is 0.131. The maximum atomic E-state index is 12.6. The fourth-order valence-corrected chi connectivity index (χ4v) is 2.85. The van der Waals surface area contributed by atoms with Crippen LogP contribution in [0.15, 0.2) is 24.3 Å². The van der Waals surface area contributed by atoms with Crippen molar-refractivity contribution < 1.29 is 4.79 Å². The number of unbranched alkanes of at least 4 members (excludes halogenated alkanes) is 1. The van der Waals surface area contributed by atoms with Gasteiger partial charge in [0, 0.05) is 31.7 Å². The second-order valence-electron chi connectivity index (χ2n) is 7.31. The minimum atomic E-state index is 0.131. The van der Waals surface area contributed by atoms with Gasteiger partial charge in [-0.15, -0.1) is 0 Å². The van der Waals surface area contributed by atoms with Crippen molar-refractivity contribution in [3.63, 3.8) is 0 Å². The van der Waals surface area contributed by atoms with Gasteiger partial charge in [-0.3, -0.25) is 9.69 Å². The number of nitrogens with zero attached hydrogens (tertiary/aromatic N) is 2. The first-order valence-electron chi connectivity index (χ1n) is 8.54. The molecule has 1 amide bonds. The van der Waals surface area contributed by atoms with E-state index in [1.54, 1.807) is 0 Å². The molecule has 0 unspecified atom stereocenters. The molecule has 1 aliphatic rings. The SMILES string of the molecule is CCCCN1CCN(C(=O)c2ccc(C(C)(C)C)cc2)CC1. The molecule has 0 N–H and O–H groups in total. The van der Waals surface area contributed by atoms with E-state index in [4.69, 9.17) is 0 Å². The third-order valence-corrected chi connectivity index (χ3v) is 4.49. The highest BCUT2D eigenvalue weighted by atomic mass is 16.2. The van der Waals surface area contributed by atoms with Crippen molar-refractivity contribution in [3.8, 4) is 0 Å².